The number of ether oxygens (including phenoxy) is 1. The van der Waals surface area contributed by atoms with Gasteiger partial charge in [0.15, 0.2) is 0 Å². The second kappa shape index (κ2) is 14.2. The topological polar surface area (TPSA) is 66.8 Å². The highest BCUT2D eigenvalue weighted by molar-refractivity contribution is 7.44. The van der Waals surface area contributed by atoms with Crippen LogP contribution in [0.5, 0.6) is 5.75 Å². The van der Waals surface area contributed by atoms with Gasteiger partial charge >= 0.3 is 7.80 Å². The van der Waals surface area contributed by atoms with E-state index in [1.54, 1.807) is 6.08 Å². The number of hydrogen-bond donors (Lipinski definition) is 2. The smallest absolute Gasteiger partial charge is 0.338 e. The van der Waals surface area contributed by atoms with Crippen LogP contribution in [-0.2, 0) is 4.57 Å². The van der Waals surface area contributed by atoms with Crippen molar-refractivity contribution >= 4 is 7.80 Å². The Labute approximate surface area is 121 Å². The van der Waals surface area contributed by atoms with E-state index >= 15 is 0 Å². The van der Waals surface area contributed by atoms with Crippen LogP contribution in [-0.4, -0.2) is 42.4 Å². The van der Waals surface area contributed by atoms with Gasteiger partial charge in [-0.3, -0.25) is 0 Å². The van der Waals surface area contributed by atoms with E-state index in [2.05, 4.69) is 6.58 Å². The Hall–Kier alpha value is -1.22. The van der Waals surface area contributed by atoms with Crippen LogP contribution in [0.2, 0.25) is 0 Å². The maximum absolute atomic E-state index is 10.9. The van der Waals surface area contributed by atoms with Gasteiger partial charge in [0.1, 0.15) is 24.7 Å². The molecule has 0 aliphatic rings. The third kappa shape index (κ3) is 11.8. The first-order valence-electron chi connectivity index (χ1n) is 6.67. The lowest BCUT2D eigenvalue weighted by Gasteiger charge is -1.99. The SMILES string of the molecule is C=CCOc1ccccc1.O=[P+](CCCO)CCCO. The standard InChI is InChI=1S/C9H10O.C6H14O3P/c1-2-8-10-9-6-4-3-5-7-9;7-3-1-5-10(9)6-2-4-8/h2-7H,1,8H2;7-8H,1-6H2/q;+1. The molecule has 0 radical (unpaired) electrons. The minimum Gasteiger partial charge on any atom is -0.490 e. The molecule has 0 aliphatic carbocycles. The molecule has 4 nitrogen and oxygen atoms in total. The van der Waals surface area contributed by atoms with Gasteiger partial charge in [0, 0.05) is 26.1 Å². The molecule has 2 N–H and O–H groups in total. The number of benzene rings is 1. The van der Waals surface area contributed by atoms with Crippen molar-refractivity contribution in [3.63, 3.8) is 0 Å². The van der Waals surface area contributed by atoms with Gasteiger partial charge in [-0.2, -0.15) is 0 Å². The fourth-order valence-corrected chi connectivity index (χ4v) is 2.49. The van der Waals surface area contributed by atoms with E-state index in [1.165, 1.54) is 0 Å². The minimum absolute atomic E-state index is 0.111. The summed E-state index contributed by atoms with van der Waals surface area (Å²) in [6.45, 7) is 4.35. The fourth-order valence-electron chi connectivity index (χ4n) is 1.28. The van der Waals surface area contributed by atoms with Gasteiger partial charge in [-0.1, -0.05) is 35.4 Å². The predicted octanol–water partition coefficient (Wildman–Crippen LogP) is 2.83. The van der Waals surface area contributed by atoms with Crippen molar-refractivity contribution < 1.29 is 19.5 Å². The summed E-state index contributed by atoms with van der Waals surface area (Å²) in [5.41, 5.74) is 0. The van der Waals surface area contributed by atoms with Gasteiger partial charge < -0.3 is 14.9 Å². The average molecular weight is 299 g/mol. The van der Waals surface area contributed by atoms with E-state index in [0.717, 1.165) is 5.75 Å². The van der Waals surface area contributed by atoms with Gasteiger partial charge in [-0.15, -0.1) is 0 Å². The predicted molar refractivity (Wildman–Crippen MR) is 82.9 cm³/mol. The summed E-state index contributed by atoms with van der Waals surface area (Å²) in [7, 11) is -1.16. The van der Waals surface area contributed by atoms with Crippen molar-refractivity contribution in [1.29, 1.82) is 0 Å². The van der Waals surface area contributed by atoms with E-state index in [-0.39, 0.29) is 13.2 Å². The summed E-state index contributed by atoms with van der Waals surface area (Å²) in [6.07, 6.45) is 4.13. The highest BCUT2D eigenvalue weighted by atomic mass is 31.1. The number of rotatable bonds is 9. The van der Waals surface area contributed by atoms with Crippen LogP contribution < -0.4 is 4.74 Å². The third-order valence-electron chi connectivity index (χ3n) is 2.24. The normalized spacial score (nSPS) is 9.30. The first-order chi connectivity index (χ1) is 9.74. The highest BCUT2D eigenvalue weighted by Gasteiger charge is 2.12. The van der Waals surface area contributed by atoms with E-state index in [0.29, 0.717) is 31.8 Å². The molecule has 0 saturated heterocycles. The molecule has 0 unspecified atom stereocenters. The van der Waals surface area contributed by atoms with Gasteiger partial charge in [0.05, 0.1) is 0 Å². The molecule has 0 spiro atoms. The summed E-state index contributed by atoms with van der Waals surface area (Å²) >= 11 is 0. The van der Waals surface area contributed by atoms with Crippen LogP contribution >= 0.6 is 7.80 Å². The van der Waals surface area contributed by atoms with Crippen LogP contribution in [0.1, 0.15) is 12.8 Å². The van der Waals surface area contributed by atoms with Crippen molar-refractivity contribution in [2.24, 2.45) is 0 Å². The first-order valence-corrected chi connectivity index (χ1v) is 8.30. The summed E-state index contributed by atoms with van der Waals surface area (Å²) in [5, 5.41) is 16.7. The lowest BCUT2D eigenvalue weighted by molar-refractivity contribution is 0.293. The quantitative estimate of drug-likeness (QED) is 0.543. The summed E-state index contributed by atoms with van der Waals surface area (Å²) in [5.74, 6) is 0.891. The minimum atomic E-state index is -1.16. The molecule has 0 bridgehead atoms. The van der Waals surface area contributed by atoms with Crippen molar-refractivity contribution in [3.8, 4) is 5.75 Å². The molecule has 0 aliphatic heterocycles. The molecule has 20 heavy (non-hydrogen) atoms. The molecule has 0 aromatic heterocycles. The number of para-hydroxylation sites is 1. The number of hydrogen-bond acceptors (Lipinski definition) is 4. The summed E-state index contributed by atoms with van der Waals surface area (Å²) in [6, 6.07) is 9.69. The summed E-state index contributed by atoms with van der Waals surface area (Å²) in [4.78, 5) is 0. The maximum atomic E-state index is 10.9. The van der Waals surface area contributed by atoms with Crippen LogP contribution in [0, 0.1) is 0 Å². The Morgan fingerprint density at radius 2 is 1.65 bits per heavy atom. The zero-order valence-electron chi connectivity index (χ0n) is 11.8. The van der Waals surface area contributed by atoms with Crippen LogP contribution in [0.15, 0.2) is 43.0 Å². The van der Waals surface area contributed by atoms with Gasteiger partial charge in [0.25, 0.3) is 0 Å². The molecule has 1 aromatic carbocycles. The summed E-state index contributed by atoms with van der Waals surface area (Å²) < 4.78 is 16.1. The molecule has 1 rings (SSSR count). The second-order valence-electron chi connectivity index (χ2n) is 4.00. The Balaban J connectivity index is 0.000000361. The Kier molecular flexibility index (Phi) is 13.3. The highest BCUT2D eigenvalue weighted by Crippen LogP contribution is 2.21. The maximum Gasteiger partial charge on any atom is 0.338 e. The van der Waals surface area contributed by atoms with Crippen LogP contribution in [0.3, 0.4) is 0 Å². The monoisotopic (exact) mass is 299 g/mol. The molecular weight excluding hydrogens is 275 g/mol. The molecule has 5 heteroatoms. The Bertz CT molecular complexity index is 344. The largest absolute Gasteiger partial charge is 0.490 e. The zero-order valence-corrected chi connectivity index (χ0v) is 12.7. The number of aliphatic hydroxyl groups excluding tert-OH is 2. The van der Waals surface area contributed by atoms with Gasteiger partial charge in [0.2, 0.25) is 0 Å². The second-order valence-corrected chi connectivity index (χ2v) is 5.85. The average Bonchev–Trinajstić information content (AvgIpc) is 2.50. The van der Waals surface area contributed by atoms with E-state index in [9.17, 15) is 4.57 Å². The van der Waals surface area contributed by atoms with Gasteiger partial charge in [-0.25, -0.2) is 0 Å². The Morgan fingerprint density at radius 3 is 2.10 bits per heavy atom. The lowest BCUT2D eigenvalue weighted by atomic mass is 10.3. The van der Waals surface area contributed by atoms with Crippen LogP contribution in [0.4, 0.5) is 0 Å². The molecule has 112 valence electrons. The van der Waals surface area contributed by atoms with Gasteiger partial charge in [-0.05, 0) is 12.1 Å². The van der Waals surface area contributed by atoms with E-state index in [1.807, 2.05) is 30.3 Å². The molecule has 0 amide bonds. The molecule has 1 aromatic rings. The first kappa shape index (κ1) is 18.8. The molecular formula is C15H24O4P+. The molecule has 0 fully saturated rings. The van der Waals surface area contributed by atoms with Crippen molar-refractivity contribution in [2.75, 3.05) is 32.1 Å². The van der Waals surface area contributed by atoms with E-state index in [4.69, 9.17) is 14.9 Å². The van der Waals surface area contributed by atoms with Crippen molar-refractivity contribution in [1.82, 2.24) is 0 Å². The zero-order chi connectivity index (χ0) is 15.1. The fraction of sp³-hybridized carbons (Fsp3) is 0.467. The molecule has 0 heterocycles. The third-order valence-corrected chi connectivity index (χ3v) is 3.87. The van der Waals surface area contributed by atoms with Crippen molar-refractivity contribution in [2.45, 2.75) is 12.8 Å². The number of aliphatic hydroxyl groups is 2. The van der Waals surface area contributed by atoms with Crippen LogP contribution in [0.25, 0.3) is 0 Å². The molecule has 0 saturated carbocycles. The van der Waals surface area contributed by atoms with Crippen molar-refractivity contribution in [3.05, 3.63) is 43.0 Å². The Morgan fingerprint density at radius 1 is 1.10 bits per heavy atom. The lowest BCUT2D eigenvalue weighted by Crippen LogP contribution is -1.91. The van der Waals surface area contributed by atoms with E-state index < -0.39 is 7.80 Å². The molecule has 0 atom stereocenters.